The van der Waals surface area contributed by atoms with Crippen molar-refractivity contribution in [3.63, 3.8) is 0 Å². The van der Waals surface area contributed by atoms with Crippen LogP contribution < -0.4 is 5.32 Å². The highest BCUT2D eigenvalue weighted by molar-refractivity contribution is 6.34. The number of anilines is 1. The van der Waals surface area contributed by atoms with Gasteiger partial charge >= 0.3 is 0 Å². The number of rotatable bonds is 2. The number of carbonyl (C=O) groups excluding carboxylic acids is 1. The zero-order valence-corrected chi connectivity index (χ0v) is 17.8. The summed E-state index contributed by atoms with van der Waals surface area (Å²) in [5.41, 5.74) is 1.84. The van der Waals surface area contributed by atoms with Gasteiger partial charge in [0.05, 0.1) is 10.6 Å². The number of nitrogens with zero attached hydrogens (tertiary/aromatic N) is 2. The van der Waals surface area contributed by atoms with Crippen molar-refractivity contribution in [3.8, 4) is 11.1 Å². The first kappa shape index (κ1) is 19.6. The molecule has 1 aliphatic carbocycles. The third-order valence-electron chi connectivity index (χ3n) is 6.91. The zero-order chi connectivity index (χ0) is 20.9. The topological polar surface area (TPSA) is 45.2 Å². The lowest BCUT2D eigenvalue weighted by Crippen LogP contribution is -2.42. The third-order valence-corrected chi connectivity index (χ3v) is 7.30. The Balaban J connectivity index is 1.56. The second-order valence-electron chi connectivity index (χ2n) is 8.73. The van der Waals surface area contributed by atoms with Crippen molar-refractivity contribution in [2.24, 2.45) is 0 Å². The molecule has 156 valence electrons. The van der Waals surface area contributed by atoms with Gasteiger partial charge < -0.3 is 10.2 Å². The van der Waals surface area contributed by atoms with E-state index < -0.39 is 5.82 Å². The maximum atomic E-state index is 15.6. The first-order valence-electron chi connectivity index (χ1n) is 10.7. The maximum absolute atomic E-state index is 15.6. The van der Waals surface area contributed by atoms with Gasteiger partial charge in [0.25, 0.3) is 5.91 Å². The van der Waals surface area contributed by atoms with Crippen molar-refractivity contribution in [3.05, 3.63) is 58.5 Å². The van der Waals surface area contributed by atoms with Crippen LogP contribution in [0.25, 0.3) is 11.1 Å². The average Bonchev–Trinajstić information content (AvgIpc) is 3.37. The minimum absolute atomic E-state index is 0.105. The second kappa shape index (κ2) is 7.38. The molecule has 5 rings (SSSR count). The predicted molar refractivity (Wildman–Crippen MR) is 118 cm³/mol. The van der Waals surface area contributed by atoms with Gasteiger partial charge in [-0.1, -0.05) is 35.9 Å². The number of fused-ring (bicyclic) bond motifs is 2. The van der Waals surface area contributed by atoms with E-state index in [1.165, 1.54) is 0 Å². The molecule has 3 aliphatic rings. The molecule has 6 heteroatoms. The fourth-order valence-corrected chi connectivity index (χ4v) is 5.59. The Morgan fingerprint density at radius 3 is 2.83 bits per heavy atom. The molecule has 30 heavy (non-hydrogen) atoms. The Morgan fingerprint density at radius 2 is 2.07 bits per heavy atom. The summed E-state index contributed by atoms with van der Waals surface area (Å²) in [6.07, 6.45) is 10.8. The number of likely N-dealkylation sites (tertiary alicyclic amines) is 1. The molecule has 1 unspecified atom stereocenters. The maximum Gasteiger partial charge on any atom is 0.257 e. The Kier molecular flexibility index (Phi) is 4.81. The third kappa shape index (κ3) is 2.94. The highest BCUT2D eigenvalue weighted by atomic mass is 35.5. The normalized spacial score (nSPS) is 21.7. The van der Waals surface area contributed by atoms with Gasteiger partial charge in [0.15, 0.2) is 0 Å². The monoisotopic (exact) mass is 425 g/mol. The quantitative estimate of drug-likeness (QED) is 0.640. The molecule has 2 aromatic rings. The molecule has 0 bridgehead atoms. The van der Waals surface area contributed by atoms with E-state index in [9.17, 15) is 4.79 Å². The van der Waals surface area contributed by atoms with Crippen molar-refractivity contribution < 1.29 is 9.18 Å². The summed E-state index contributed by atoms with van der Waals surface area (Å²) in [5, 5.41) is 3.89. The van der Waals surface area contributed by atoms with Gasteiger partial charge in [0.1, 0.15) is 11.6 Å². The SMILES string of the molecule is CC1CCCCN1C(=O)c1cccc(-c2cnc3c(c2Cl)C2(CC=CC2)CN3)c1F. The Bertz CT molecular complexity index is 1040. The summed E-state index contributed by atoms with van der Waals surface area (Å²) in [6, 6.07) is 5.11. The molecule has 1 fully saturated rings. The standard InChI is InChI=1S/C24H25ClFN3O/c1-15-7-2-5-12-29(15)23(30)17-9-6-8-16(21(17)26)18-13-27-22-19(20(18)25)24(14-28-22)10-3-4-11-24/h3-4,6,8-9,13,15H,2,5,7,10-12,14H2,1H3,(H,27,28). The summed E-state index contributed by atoms with van der Waals surface area (Å²) in [6.45, 7) is 3.48. The van der Waals surface area contributed by atoms with Crippen LogP contribution in [0.5, 0.6) is 0 Å². The average molecular weight is 426 g/mol. The Morgan fingerprint density at radius 1 is 1.27 bits per heavy atom. The molecule has 1 amide bonds. The van der Waals surface area contributed by atoms with Gasteiger partial charge in [0.2, 0.25) is 0 Å². The fraction of sp³-hybridized carbons (Fsp3) is 0.417. The molecule has 0 radical (unpaired) electrons. The molecular weight excluding hydrogens is 401 g/mol. The summed E-state index contributed by atoms with van der Waals surface area (Å²) >= 11 is 6.86. The highest BCUT2D eigenvalue weighted by Gasteiger charge is 2.42. The van der Waals surface area contributed by atoms with E-state index >= 15 is 4.39 Å². The number of piperidine rings is 1. The zero-order valence-electron chi connectivity index (χ0n) is 17.0. The molecule has 2 aliphatic heterocycles. The fourth-order valence-electron chi connectivity index (χ4n) is 5.15. The van der Waals surface area contributed by atoms with Crippen LogP contribution in [0, 0.1) is 5.82 Å². The van der Waals surface area contributed by atoms with Gasteiger partial charge in [-0.2, -0.15) is 0 Å². The van der Waals surface area contributed by atoms with Gasteiger partial charge in [-0.3, -0.25) is 4.79 Å². The van der Waals surface area contributed by atoms with Gasteiger partial charge in [0, 0.05) is 47.4 Å². The van der Waals surface area contributed by atoms with Gasteiger partial charge in [-0.05, 0) is 45.1 Å². The second-order valence-corrected chi connectivity index (χ2v) is 9.11. The number of allylic oxidation sites excluding steroid dienone is 2. The number of hydrogen-bond acceptors (Lipinski definition) is 3. The molecular formula is C24H25ClFN3O. The van der Waals surface area contributed by atoms with Crippen molar-refractivity contribution in [2.75, 3.05) is 18.4 Å². The van der Waals surface area contributed by atoms with Crippen molar-refractivity contribution in [1.82, 2.24) is 9.88 Å². The van der Waals surface area contributed by atoms with E-state index in [4.69, 9.17) is 11.6 Å². The lowest BCUT2D eigenvalue weighted by atomic mass is 9.80. The van der Waals surface area contributed by atoms with Crippen LogP contribution in [0.15, 0.2) is 36.5 Å². The van der Waals surface area contributed by atoms with Crippen LogP contribution in [0.1, 0.15) is 54.9 Å². The molecule has 1 aromatic carbocycles. The number of halogens is 2. The van der Waals surface area contributed by atoms with Gasteiger partial charge in [-0.25, -0.2) is 9.37 Å². The smallest absolute Gasteiger partial charge is 0.257 e. The number of hydrogen-bond donors (Lipinski definition) is 1. The molecule has 3 heterocycles. The summed E-state index contributed by atoms with van der Waals surface area (Å²) in [5.74, 6) is 0.0145. The van der Waals surface area contributed by atoms with E-state index in [-0.39, 0.29) is 22.9 Å². The largest absolute Gasteiger partial charge is 0.369 e. The van der Waals surface area contributed by atoms with Crippen molar-refractivity contribution in [1.29, 1.82) is 0 Å². The summed E-state index contributed by atoms with van der Waals surface area (Å²) in [7, 11) is 0. The first-order chi connectivity index (χ1) is 14.5. The first-order valence-corrected chi connectivity index (χ1v) is 11.1. The number of benzene rings is 1. The number of amides is 1. The lowest BCUT2D eigenvalue weighted by molar-refractivity contribution is 0.0631. The predicted octanol–water partition coefficient (Wildman–Crippen LogP) is 5.57. The van der Waals surface area contributed by atoms with Crippen molar-refractivity contribution in [2.45, 2.75) is 50.5 Å². The van der Waals surface area contributed by atoms with E-state index in [2.05, 4.69) is 22.5 Å². The van der Waals surface area contributed by atoms with Crippen LogP contribution in [-0.4, -0.2) is 34.9 Å². The van der Waals surface area contributed by atoms with Crippen LogP contribution in [0.2, 0.25) is 5.02 Å². The van der Waals surface area contributed by atoms with Crippen molar-refractivity contribution >= 4 is 23.3 Å². The molecule has 1 saturated heterocycles. The van der Waals surface area contributed by atoms with Crippen LogP contribution in [-0.2, 0) is 5.41 Å². The molecule has 1 spiro atoms. The number of pyridine rings is 1. The minimum Gasteiger partial charge on any atom is -0.369 e. The van der Waals surface area contributed by atoms with E-state index in [0.29, 0.717) is 22.7 Å². The van der Waals surface area contributed by atoms with Crippen LogP contribution in [0.3, 0.4) is 0 Å². The number of aromatic nitrogens is 1. The van der Waals surface area contributed by atoms with E-state index in [0.717, 1.165) is 50.0 Å². The molecule has 1 aromatic heterocycles. The van der Waals surface area contributed by atoms with E-state index in [1.807, 2.05) is 6.92 Å². The molecule has 4 nitrogen and oxygen atoms in total. The summed E-state index contributed by atoms with van der Waals surface area (Å²) < 4.78 is 15.6. The van der Waals surface area contributed by atoms with Crippen LogP contribution in [0.4, 0.5) is 10.2 Å². The number of nitrogens with one attached hydrogen (secondary N) is 1. The lowest BCUT2D eigenvalue weighted by Gasteiger charge is -2.33. The van der Waals surface area contributed by atoms with Crippen LogP contribution >= 0.6 is 11.6 Å². The minimum atomic E-state index is -0.520. The van der Waals surface area contributed by atoms with Gasteiger partial charge in [-0.15, -0.1) is 0 Å². The molecule has 1 atom stereocenters. The Hall–Kier alpha value is -2.40. The van der Waals surface area contributed by atoms with E-state index in [1.54, 1.807) is 29.3 Å². The molecule has 0 saturated carbocycles. The Labute approximate surface area is 181 Å². The summed E-state index contributed by atoms with van der Waals surface area (Å²) in [4.78, 5) is 19.4. The highest BCUT2D eigenvalue weighted by Crippen LogP contribution is 2.50. The molecule has 1 N–H and O–H groups in total. The number of carbonyl (C=O) groups is 1.